The second kappa shape index (κ2) is 5.18. The van der Waals surface area contributed by atoms with Crippen LogP contribution >= 0.6 is 10.8 Å². The minimum Gasteiger partial charge on any atom is -0.460 e. The molecule has 0 amide bonds. The van der Waals surface area contributed by atoms with Crippen molar-refractivity contribution >= 4 is 25.0 Å². The number of ether oxygens (including phenoxy) is 1. The molecular formula is C9H10O4S2. The second-order valence-corrected chi connectivity index (χ2v) is 6.65. The van der Waals surface area contributed by atoms with E-state index in [1.807, 2.05) is 0 Å². The van der Waals surface area contributed by atoms with Crippen LogP contribution in [0.5, 0.6) is 0 Å². The monoisotopic (exact) mass is 246 g/mol. The largest absolute Gasteiger partial charge is 0.460 e. The van der Waals surface area contributed by atoms with Gasteiger partial charge in [-0.2, -0.15) is 0 Å². The quantitative estimate of drug-likeness (QED) is 0.603. The molecule has 1 aromatic carbocycles. The van der Waals surface area contributed by atoms with E-state index < -0.39 is 14.2 Å². The van der Waals surface area contributed by atoms with Gasteiger partial charge in [0.2, 0.25) is 8.87 Å². The average molecular weight is 246 g/mol. The SMILES string of the molecule is COC(=O)SS(=O)(=O)Cc1ccccc1. The Morgan fingerprint density at radius 3 is 2.47 bits per heavy atom. The van der Waals surface area contributed by atoms with Crippen LogP contribution in [0, 0.1) is 0 Å². The van der Waals surface area contributed by atoms with Crippen molar-refractivity contribution in [1.29, 1.82) is 0 Å². The summed E-state index contributed by atoms with van der Waals surface area (Å²) in [5.74, 6) is -0.173. The van der Waals surface area contributed by atoms with Crippen LogP contribution in [-0.4, -0.2) is 20.8 Å². The lowest BCUT2D eigenvalue weighted by Gasteiger charge is -2.01. The summed E-state index contributed by atoms with van der Waals surface area (Å²) in [5.41, 5.74) is 0.647. The first kappa shape index (κ1) is 12.1. The molecule has 0 radical (unpaired) electrons. The van der Waals surface area contributed by atoms with E-state index in [9.17, 15) is 13.2 Å². The molecule has 0 N–H and O–H groups in total. The van der Waals surface area contributed by atoms with Crippen LogP contribution in [0.2, 0.25) is 0 Å². The van der Waals surface area contributed by atoms with Crippen LogP contribution in [0.4, 0.5) is 4.79 Å². The number of carbonyl (C=O) groups excluding carboxylic acids is 1. The standard InChI is InChI=1S/C9H10O4S2/c1-13-9(10)14-15(11,12)7-8-5-3-2-4-6-8/h2-6H,7H2,1H3. The Hall–Kier alpha value is -1.01. The number of methoxy groups -OCH3 is 1. The summed E-state index contributed by atoms with van der Waals surface area (Å²) >= 11 is 0. The summed E-state index contributed by atoms with van der Waals surface area (Å²) in [6, 6.07) is 8.66. The highest BCUT2D eigenvalue weighted by Crippen LogP contribution is 2.20. The van der Waals surface area contributed by atoms with Crippen LogP contribution in [0.3, 0.4) is 0 Å². The fourth-order valence-corrected chi connectivity index (χ4v) is 3.29. The molecule has 0 heterocycles. The van der Waals surface area contributed by atoms with Gasteiger partial charge in [0, 0.05) is 0 Å². The minimum absolute atomic E-state index is 0.173. The summed E-state index contributed by atoms with van der Waals surface area (Å²) in [7, 11) is -2.15. The van der Waals surface area contributed by atoms with Crippen LogP contribution in [0.15, 0.2) is 30.3 Å². The Bertz CT molecular complexity index is 425. The first-order valence-electron chi connectivity index (χ1n) is 4.07. The van der Waals surface area contributed by atoms with Crippen molar-refractivity contribution in [2.45, 2.75) is 5.75 Å². The molecule has 0 aliphatic carbocycles. The molecule has 4 nitrogen and oxygen atoms in total. The molecular weight excluding hydrogens is 236 g/mol. The lowest BCUT2D eigenvalue weighted by Crippen LogP contribution is -2.03. The summed E-state index contributed by atoms with van der Waals surface area (Å²) in [4.78, 5) is 10.8. The number of benzene rings is 1. The van der Waals surface area contributed by atoms with E-state index in [1.165, 1.54) is 0 Å². The van der Waals surface area contributed by atoms with Crippen molar-refractivity contribution < 1.29 is 17.9 Å². The molecule has 0 fully saturated rings. The molecule has 15 heavy (non-hydrogen) atoms. The van der Waals surface area contributed by atoms with Gasteiger partial charge < -0.3 is 4.74 Å². The molecule has 0 bridgehead atoms. The van der Waals surface area contributed by atoms with Gasteiger partial charge in [-0.15, -0.1) is 0 Å². The molecule has 0 spiro atoms. The van der Waals surface area contributed by atoms with Gasteiger partial charge in [-0.25, -0.2) is 13.2 Å². The fourth-order valence-electron chi connectivity index (χ4n) is 0.946. The third-order valence-electron chi connectivity index (χ3n) is 1.55. The van der Waals surface area contributed by atoms with Crippen LogP contribution in [0.25, 0.3) is 0 Å². The zero-order valence-corrected chi connectivity index (χ0v) is 9.68. The van der Waals surface area contributed by atoms with Crippen LogP contribution < -0.4 is 0 Å². The maximum Gasteiger partial charge on any atom is 0.382 e. The Kier molecular flexibility index (Phi) is 4.16. The molecule has 0 atom stereocenters. The third-order valence-corrected chi connectivity index (χ3v) is 4.32. The molecule has 0 saturated heterocycles. The number of hydrogen-bond acceptors (Lipinski definition) is 5. The smallest absolute Gasteiger partial charge is 0.382 e. The number of carbonyl (C=O) groups is 1. The van der Waals surface area contributed by atoms with E-state index in [1.54, 1.807) is 30.3 Å². The molecule has 1 aromatic rings. The minimum atomic E-state index is -3.50. The van der Waals surface area contributed by atoms with Gasteiger partial charge >= 0.3 is 5.30 Å². The second-order valence-electron chi connectivity index (χ2n) is 2.73. The van der Waals surface area contributed by atoms with Crippen LogP contribution in [0.1, 0.15) is 5.56 Å². The van der Waals surface area contributed by atoms with Gasteiger partial charge in [0.05, 0.1) is 23.7 Å². The molecule has 0 saturated carbocycles. The third kappa shape index (κ3) is 4.35. The fraction of sp³-hybridized carbons (Fsp3) is 0.222. The predicted octanol–water partition coefficient (Wildman–Crippen LogP) is 2.02. The molecule has 0 aromatic heterocycles. The van der Waals surface area contributed by atoms with E-state index in [0.29, 0.717) is 5.56 Å². The van der Waals surface area contributed by atoms with E-state index in [2.05, 4.69) is 4.74 Å². The maximum atomic E-state index is 11.4. The van der Waals surface area contributed by atoms with Gasteiger partial charge in [-0.05, 0) is 5.56 Å². The van der Waals surface area contributed by atoms with Crippen molar-refractivity contribution in [2.24, 2.45) is 0 Å². The molecule has 0 unspecified atom stereocenters. The predicted molar refractivity (Wildman–Crippen MR) is 59.1 cm³/mol. The lowest BCUT2D eigenvalue weighted by atomic mass is 10.2. The van der Waals surface area contributed by atoms with Gasteiger partial charge in [-0.3, -0.25) is 0 Å². The first-order chi connectivity index (χ1) is 7.03. The molecule has 0 aliphatic rings. The Morgan fingerprint density at radius 1 is 1.33 bits per heavy atom. The van der Waals surface area contributed by atoms with Crippen molar-refractivity contribution in [3.63, 3.8) is 0 Å². The summed E-state index contributed by atoms with van der Waals surface area (Å²) < 4.78 is 27.1. The highest BCUT2D eigenvalue weighted by molar-refractivity contribution is 8.77. The van der Waals surface area contributed by atoms with Crippen molar-refractivity contribution in [3.05, 3.63) is 35.9 Å². The average Bonchev–Trinajstić information content (AvgIpc) is 2.17. The van der Waals surface area contributed by atoms with Gasteiger partial charge in [0.25, 0.3) is 0 Å². The first-order valence-corrected chi connectivity index (χ1v) is 7.06. The van der Waals surface area contributed by atoms with Gasteiger partial charge in [-0.1, -0.05) is 30.3 Å². The van der Waals surface area contributed by atoms with Gasteiger partial charge in [0.15, 0.2) is 0 Å². The molecule has 0 aliphatic heterocycles. The van der Waals surface area contributed by atoms with E-state index >= 15 is 0 Å². The Morgan fingerprint density at radius 2 is 1.93 bits per heavy atom. The highest BCUT2D eigenvalue weighted by atomic mass is 33.1. The normalized spacial score (nSPS) is 11.0. The van der Waals surface area contributed by atoms with Crippen LogP contribution in [-0.2, 0) is 19.4 Å². The molecule has 6 heteroatoms. The van der Waals surface area contributed by atoms with Crippen molar-refractivity contribution in [2.75, 3.05) is 7.11 Å². The zero-order valence-electron chi connectivity index (χ0n) is 8.04. The lowest BCUT2D eigenvalue weighted by molar-refractivity contribution is 0.200. The maximum absolute atomic E-state index is 11.4. The van der Waals surface area contributed by atoms with Crippen molar-refractivity contribution in [3.8, 4) is 0 Å². The van der Waals surface area contributed by atoms with Crippen molar-refractivity contribution in [1.82, 2.24) is 0 Å². The Balaban J connectivity index is 2.69. The number of hydrogen-bond donors (Lipinski definition) is 0. The van der Waals surface area contributed by atoms with E-state index in [4.69, 9.17) is 0 Å². The van der Waals surface area contributed by atoms with E-state index in [-0.39, 0.29) is 16.5 Å². The summed E-state index contributed by atoms with van der Waals surface area (Å²) in [6.07, 6.45) is 0. The van der Waals surface area contributed by atoms with Gasteiger partial charge in [0.1, 0.15) is 0 Å². The molecule has 1 rings (SSSR count). The zero-order chi connectivity index (χ0) is 11.3. The Labute approximate surface area is 91.9 Å². The molecule has 82 valence electrons. The van der Waals surface area contributed by atoms with E-state index in [0.717, 1.165) is 7.11 Å². The summed E-state index contributed by atoms with van der Waals surface area (Å²) in [5, 5.41) is -0.814. The highest BCUT2D eigenvalue weighted by Gasteiger charge is 2.18. The number of rotatable bonds is 3. The summed E-state index contributed by atoms with van der Waals surface area (Å²) in [6.45, 7) is 0. The topological polar surface area (TPSA) is 60.4 Å².